The highest BCUT2D eigenvalue weighted by Gasteiger charge is 2.29. The lowest BCUT2D eigenvalue weighted by Gasteiger charge is -2.37. The first kappa shape index (κ1) is 15.8. The Morgan fingerprint density at radius 3 is 2.62 bits per heavy atom. The van der Waals surface area contributed by atoms with Crippen LogP contribution in [0.2, 0.25) is 0 Å². The molecule has 126 valence electrons. The lowest BCUT2D eigenvalue weighted by molar-refractivity contribution is -0.135. The third-order valence-electron chi connectivity index (χ3n) is 5.02. The lowest BCUT2D eigenvalue weighted by atomic mass is 9.95. The van der Waals surface area contributed by atoms with E-state index in [4.69, 9.17) is 0 Å². The van der Waals surface area contributed by atoms with Crippen molar-refractivity contribution in [3.05, 3.63) is 57.8 Å². The van der Waals surface area contributed by atoms with Crippen LogP contribution >= 0.6 is 11.3 Å². The first-order chi connectivity index (χ1) is 11.8. The molecule has 2 aliphatic heterocycles. The molecular weight excluding hydrogens is 318 g/mol. The Kier molecular flexibility index (Phi) is 4.65. The monoisotopic (exact) mass is 341 g/mol. The van der Waals surface area contributed by atoms with Crippen LogP contribution < -0.4 is 5.32 Å². The zero-order chi connectivity index (χ0) is 16.4. The minimum Gasteiger partial charge on any atom is -0.339 e. The van der Waals surface area contributed by atoms with E-state index < -0.39 is 0 Å². The van der Waals surface area contributed by atoms with E-state index in [1.54, 1.807) is 0 Å². The molecule has 2 aliphatic rings. The summed E-state index contributed by atoms with van der Waals surface area (Å²) in [6, 6.07) is 12.6. The topological polar surface area (TPSA) is 35.6 Å². The van der Waals surface area contributed by atoms with Crippen LogP contribution in [-0.4, -0.2) is 47.9 Å². The van der Waals surface area contributed by atoms with E-state index in [-0.39, 0.29) is 11.9 Å². The number of amides is 1. The van der Waals surface area contributed by atoms with Crippen molar-refractivity contribution in [2.45, 2.75) is 25.6 Å². The highest BCUT2D eigenvalue weighted by Crippen LogP contribution is 2.19. The van der Waals surface area contributed by atoms with Gasteiger partial charge in [0, 0.05) is 44.1 Å². The Labute approximate surface area is 147 Å². The van der Waals surface area contributed by atoms with Crippen LogP contribution in [0.4, 0.5) is 0 Å². The van der Waals surface area contributed by atoms with Gasteiger partial charge < -0.3 is 10.2 Å². The molecule has 1 unspecified atom stereocenters. The van der Waals surface area contributed by atoms with Crippen molar-refractivity contribution in [3.8, 4) is 0 Å². The molecule has 3 heterocycles. The molecule has 0 radical (unpaired) electrons. The summed E-state index contributed by atoms with van der Waals surface area (Å²) in [6.45, 7) is 5.41. The highest BCUT2D eigenvalue weighted by atomic mass is 32.1. The Balaban J connectivity index is 1.32. The number of hydrogen-bond acceptors (Lipinski definition) is 4. The van der Waals surface area contributed by atoms with Crippen molar-refractivity contribution in [3.63, 3.8) is 0 Å². The first-order valence-electron chi connectivity index (χ1n) is 8.63. The maximum atomic E-state index is 12.8. The smallest absolute Gasteiger partial charge is 0.240 e. The normalized spacial score (nSPS) is 21.5. The van der Waals surface area contributed by atoms with Gasteiger partial charge in [-0.3, -0.25) is 9.69 Å². The number of nitrogens with one attached hydrogen (secondary N) is 1. The number of hydrogen-bond donors (Lipinski definition) is 1. The Hall–Kier alpha value is -1.69. The van der Waals surface area contributed by atoms with Gasteiger partial charge in [0.1, 0.15) is 0 Å². The van der Waals surface area contributed by atoms with Gasteiger partial charge in [0.2, 0.25) is 5.91 Å². The van der Waals surface area contributed by atoms with Gasteiger partial charge in [-0.15, -0.1) is 11.3 Å². The SMILES string of the molecule is O=C(C1Cc2ccccc2CN1)N1CCN(Cc2cccs2)CC1. The molecule has 1 saturated heterocycles. The number of benzene rings is 1. The molecule has 5 heteroatoms. The average Bonchev–Trinajstić information content (AvgIpc) is 3.14. The van der Waals surface area contributed by atoms with E-state index >= 15 is 0 Å². The number of carbonyl (C=O) groups is 1. The zero-order valence-electron chi connectivity index (χ0n) is 13.8. The molecule has 1 atom stereocenters. The molecule has 1 amide bonds. The van der Waals surface area contributed by atoms with Crippen LogP contribution in [0.5, 0.6) is 0 Å². The van der Waals surface area contributed by atoms with Crippen molar-refractivity contribution in [2.75, 3.05) is 26.2 Å². The minimum absolute atomic E-state index is 0.0660. The molecule has 0 saturated carbocycles. The fraction of sp³-hybridized carbons (Fsp3) is 0.421. The van der Waals surface area contributed by atoms with Gasteiger partial charge in [-0.05, 0) is 29.0 Å². The van der Waals surface area contributed by atoms with Crippen molar-refractivity contribution in [1.29, 1.82) is 0 Å². The Morgan fingerprint density at radius 1 is 1.08 bits per heavy atom. The van der Waals surface area contributed by atoms with Gasteiger partial charge in [0.15, 0.2) is 0 Å². The fourth-order valence-corrected chi connectivity index (χ4v) is 4.34. The number of nitrogens with zero attached hydrogens (tertiary/aromatic N) is 2. The average molecular weight is 341 g/mol. The minimum atomic E-state index is -0.0660. The predicted molar refractivity (Wildman–Crippen MR) is 96.9 cm³/mol. The van der Waals surface area contributed by atoms with E-state index in [9.17, 15) is 4.79 Å². The van der Waals surface area contributed by atoms with Crippen LogP contribution in [0.25, 0.3) is 0 Å². The standard InChI is InChI=1S/C19H23N3OS/c23-19(18-12-15-4-1-2-5-16(15)13-20-18)22-9-7-21(8-10-22)14-17-6-3-11-24-17/h1-6,11,18,20H,7-10,12-14H2. The van der Waals surface area contributed by atoms with Gasteiger partial charge in [-0.2, -0.15) is 0 Å². The molecule has 2 aromatic rings. The molecule has 0 spiro atoms. The fourth-order valence-electron chi connectivity index (χ4n) is 3.60. The van der Waals surface area contributed by atoms with Crippen LogP contribution in [0.15, 0.2) is 41.8 Å². The summed E-state index contributed by atoms with van der Waals surface area (Å²) in [7, 11) is 0. The van der Waals surface area contributed by atoms with Crippen LogP contribution in [-0.2, 0) is 24.3 Å². The molecule has 0 aliphatic carbocycles. The van der Waals surface area contributed by atoms with Crippen molar-refractivity contribution in [2.24, 2.45) is 0 Å². The summed E-state index contributed by atoms with van der Waals surface area (Å²) >= 11 is 1.81. The van der Waals surface area contributed by atoms with E-state index in [0.29, 0.717) is 0 Å². The molecule has 1 N–H and O–H groups in total. The molecule has 0 bridgehead atoms. The lowest BCUT2D eigenvalue weighted by Crippen LogP contribution is -2.55. The zero-order valence-corrected chi connectivity index (χ0v) is 14.6. The second-order valence-electron chi connectivity index (χ2n) is 6.59. The second-order valence-corrected chi connectivity index (χ2v) is 7.62. The van der Waals surface area contributed by atoms with Crippen molar-refractivity contribution in [1.82, 2.24) is 15.1 Å². The number of thiophene rings is 1. The number of rotatable bonds is 3. The summed E-state index contributed by atoms with van der Waals surface area (Å²) in [5.74, 6) is 0.264. The van der Waals surface area contributed by atoms with Crippen molar-refractivity contribution < 1.29 is 4.79 Å². The Bertz CT molecular complexity index is 692. The van der Waals surface area contributed by atoms with Gasteiger partial charge in [0.25, 0.3) is 0 Å². The molecule has 4 rings (SSSR count). The number of carbonyl (C=O) groups excluding carboxylic acids is 1. The molecule has 4 nitrogen and oxygen atoms in total. The third kappa shape index (κ3) is 3.38. The summed E-state index contributed by atoms with van der Waals surface area (Å²) in [4.78, 5) is 18.7. The summed E-state index contributed by atoms with van der Waals surface area (Å²) < 4.78 is 0. The van der Waals surface area contributed by atoms with E-state index in [1.807, 2.05) is 16.2 Å². The van der Waals surface area contributed by atoms with Crippen LogP contribution in [0, 0.1) is 0 Å². The maximum Gasteiger partial charge on any atom is 0.240 e. The molecule has 1 aromatic heterocycles. The summed E-state index contributed by atoms with van der Waals surface area (Å²) in [5.41, 5.74) is 2.63. The quantitative estimate of drug-likeness (QED) is 0.929. The van der Waals surface area contributed by atoms with Gasteiger partial charge in [0.05, 0.1) is 6.04 Å². The number of piperazine rings is 1. The van der Waals surface area contributed by atoms with Crippen LogP contribution in [0.3, 0.4) is 0 Å². The predicted octanol–water partition coefficient (Wildman–Crippen LogP) is 2.11. The summed E-state index contributed by atoms with van der Waals surface area (Å²) in [6.07, 6.45) is 0.810. The number of fused-ring (bicyclic) bond motifs is 1. The largest absolute Gasteiger partial charge is 0.339 e. The van der Waals surface area contributed by atoms with Crippen molar-refractivity contribution >= 4 is 17.2 Å². The first-order valence-corrected chi connectivity index (χ1v) is 9.51. The van der Waals surface area contributed by atoms with Gasteiger partial charge in [-0.1, -0.05) is 30.3 Å². The molecule has 1 aromatic carbocycles. The van der Waals surface area contributed by atoms with E-state index in [2.05, 4.69) is 52.0 Å². The highest BCUT2D eigenvalue weighted by molar-refractivity contribution is 7.09. The summed E-state index contributed by atoms with van der Waals surface area (Å²) in [5, 5.41) is 5.54. The van der Waals surface area contributed by atoms with E-state index in [1.165, 1.54) is 16.0 Å². The molecular formula is C19H23N3OS. The van der Waals surface area contributed by atoms with Gasteiger partial charge in [-0.25, -0.2) is 0 Å². The molecule has 1 fully saturated rings. The van der Waals surface area contributed by atoms with Gasteiger partial charge >= 0.3 is 0 Å². The van der Waals surface area contributed by atoms with E-state index in [0.717, 1.165) is 45.7 Å². The molecule has 24 heavy (non-hydrogen) atoms. The Morgan fingerprint density at radius 2 is 1.88 bits per heavy atom. The van der Waals surface area contributed by atoms with Crippen LogP contribution in [0.1, 0.15) is 16.0 Å². The second kappa shape index (κ2) is 7.05. The maximum absolute atomic E-state index is 12.8. The third-order valence-corrected chi connectivity index (χ3v) is 5.88.